The summed E-state index contributed by atoms with van der Waals surface area (Å²) in [6.45, 7) is 0.665. The summed E-state index contributed by atoms with van der Waals surface area (Å²) in [5.74, 6) is -0.160. The van der Waals surface area contributed by atoms with E-state index in [4.69, 9.17) is 0 Å². The third kappa shape index (κ3) is 3.06. The number of benzene rings is 1. The molecule has 0 radical (unpaired) electrons. The number of nitrogens with zero attached hydrogens (tertiary/aromatic N) is 3. The third-order valence-corrected chi connectivity index (χ3v) is 4.76. The molecular formula is C20H20N4O2. The van der Waals surface area contributed by atoms with Crippen LogP contribution in [0.4, 0.5) is 0 Å². The van der Waals surface area contributed by atoms with Gasteiger partial charge in [-0.25, -0.2) is 4.68 Å². The number of piperidine rings is 1. The quantitative estimate of drug-likeness (QED) is 0.791. The largest absolute Gasteiger partial charge is 0.329 e. The molecule has 0 aliphatic carbocycles. The number of pyridine rings is 1. The highest BCUT2D eigenvalue weighted by molar-refractivity contribution is 5.92. The van der Waals surface area contributed by atoms with Gasteiger partial charge in [0.15, 0.2) is 0 Å². The predicted molar refractivity (Wildman–Crippen MR) is 98.3 cm³/mol. The molecule has 0 saturated carbocycles. The van der Waals surface area contributed by atoms with Crippen LogP contribution in [0.25, 0.3) is 5.69 Å². The first-order valence-corrected chi connectivity index (χ1v) is 8.83. The van der Waals surface area contributed by atoms with Crippen molar-refractivity contribution in [2.45, 2.75) is 25.3 Å². The number of hydrogen-bond donors (Lipinski definition) is 1. The highest BCUT2D eigenvalue weighted by Gasteiger charge is 2.30. The number of amides is 1. The smallest absolute Gasteiger partial charge is 0.272 e. The van der Waals surface area contributed by atoms with Gasteiger partial charge in [-0.2, -0.15) is 0 Å². The molecule has 1 aliphatic rings. The van der Waals surface area contributed by atoms with E-state index < -0.39 is 0 Å². The topological polar surface area (TPSA) is 71.0 Å². The number of hydrogen-bond acceptors (Lipinski definition) is 3. The van der Waals surface area contributed by atoms with Crippen molar-refractivity contribution >= 4 is 5.91 Å². The van der Waals surface area contributed by atoms with Crippen LogP contribution in [-0.2, 0) is 0 Å². The molecule has 1 aromatic carbocycles. The number of aromatic amines is 1. The van der Waals surface area contributed by atoms with Crippen molar-refractivity contribution in [3.63, 3.8) is 0 Å². The number of H-pyrrole nitrogens is 1. The maximum atomic E-state index is 13.1. The highest BCUT2D eigenvalue weighted by Crippen LogP contribution is 2.30. The molecule has 132 valence electrons. The number of nitrogens with one attached hydrogen (secondary N) is 1. The average Bonchev–Trinajstić information content (AvgIpc) is 3.10. The molecule has 3 aromatic rings. The Kier molecular flexibility index (Phi) is 4.39. The van der Waals surface area contributed by atoms with Gasteiger partial charge in [0, 0.05) is 18.8 Å². The Bertz CT molecular complexity index is 947. The van der Waals surface area contributed by atoms with E-state index in [0.717, 1.165) is 25.0 Å². The zero-order valence-electron chi connectivity index (χ0n) is 14.3. The molecule has 1 aliphatic heterocycles. The van der Waals surface area contributed by atoms with Gasteiger partial charge in [-0.05, 0) is 43.5 Å². The molecular weight excluding hydrogens is 328 g/mol. The van der Waals surface area contributed by atoms with Gasteiger partial charge >= 0.3 is 0 Å². The molecule has 0 spiro atoms. The molecule has 26 heavy (non-hydrogen) atoms. The maximum Gasteiger partial charge on any atom is 0.272 e. The maximum absolute atomic E-state index is 13.1. The fourth-order valence-electron chi connectivity index (χ4n) is 3.48. The molecule has 1 amide bonds. The standard InChI is InChI=1S/C20H20N4O2/c25-19-14-17(22-24(19)15-8-2-1-3-9-15)20(26)23-13-7-5-11-18(23)16-10-4-6-12-21-16/h1-4,6,8-10,12,14,18,22H,5,7,11,13H2/t18-/m0/s1. The Morgan fingerprint density at radius 3 is 2.65 bits per heavy atom. The van der Waals surface area contributed by atoms with Crippen molar-refractivity contribution in [3.05, 3.63) is 82.5 Å². The van der Waals surface area contributed by atoms with Gasteiger partial charge in [-0.3, -0.25) is 19.7 Å². The summed E-state index contributed by atoms with van der Waals surface area (Å²) in [6, 6.07) is 16.3. The molecule has 1 N–H and O–H groups in total. The van der Waals surface area contributed by atoms with Crippen LogP contribution in [-0.4, -0.2) is 32.1 Å². The number of carbonyl (C=O) groups is 1. The summed E-state index contributed by atoms with van der Waals surface area (Å²) in [7, 11) is 0. The van der Waals surface area contributed by atoms with E-state index >= 15 is 0 Å². The zero-order valence-corrected chi connectivity index (χ0v) is 14.3. The Morgan fingerprint density at radius 1 is 1.08 bits per heavy atom. The summed E-state index contributed by atoms with van der Waals surface area (Å²) in [5.41, 5.74) is 1.66. The molecule has 3 heterocycles. The third-order valence-electron chi connectivity index (χ3n) is 4.76. The number of para-hydroxylation sites is 1. The lowest BCUT2D eigenvalue weighted by atomic mass is 9.98. The van der Waals surface area contributed by atoms with Gasteiger partial charge in [0.2, 0.25) is 0 Å². The molecule has 6 nitrogen and oxygen atoms in total. The molecule has 2 aromatic heterocycles. The van der Waals surface area contributed by atoms with Crippen LogP contribution < -0.4 is 5.56 Å². The van der Waals surface area contributed by atoms with Crippen LogP contribution in [0.5, 0.6) is 0 Å². The van der Waals surface area contributed by atoms with Crippen LogP contribution in [0.1, 0.15) is 41.5 Å². The minimum atomic E-state index is -0.244. The van der Waals surface area contributed by atoms with Gasteiger partial charge in [-0.1, -0.05) is 24.3 Å². The normalized spacial score (nSPS) is 17.2. The molecule has 0 bridgehead atoms. The van der Waals surface area contributed by atoms with Crippen LogP contribution in [0, 0.1) is 0 Å². The summed E-state index contributed by atoms with van der Waals surface area (Å²) in [6.07, 6.45) is 4.65. The van der Waals surface area contributed by atoms with E-state index in [-0.39, 0.29) is 17.5 Å². The SMILES string of the molecule is O=C(c1cc(=O)n(-c2ccccc2)[nH]1)N1CCCC[C@H]1c1ccccn1. The fourth-order valence-corrected chi connectivity index (χ4v) is 3.48. The minimum absolute atomic E-state index is 0.0546. The molecule has 1 saturated heterocycles. The second-order valence-electron chi connectivity index (χ2n) is 6.44. The van der Waals surface area contributed by atoms with Crippen molar-refractivity contribution in [2.75, 3.05) is 6.54 Å². The lowest BCUT2D eigenvalue weighted by molar-refractivity contribution is 0.0599. The fraction of sp³-hybridized carbons (Fsp3) is 0.250. The van der Waals surface area contributed by atoms with E-state index in [1.165, 1.54) is 10.7 Å². The van der Waals surface area contributed by atoms with Crippen molar-refractivity contribution < 1.29 is 4.79 Å². The predicted octanol–water partition coefficient (Wildman–Crippen LogP) is 2.93. The van der Waals surface area contributed by atoms with Crippen molar-refractivity contribution in [1.29, 1.82) is 0 Å². The molecule has 6 heteroatoms. The Balaban J connectivity index is 1.65. The van der Waals surface area contributed by atoms with Crippen LogP contribution in [0.15, 0.2) is 65.6 Å². The number of rotatable bonds is 3. The lowest BCUT2D eigenvalue weighted by Gasteiger charge is -2.35. The molecule has 0 unspecified atom stereocenters. The van der Waals surface area contributed by atoms with E-state index in [0.29, 0.717) is 17.9 Å². The number of carbonyl (C=O) groups excluding carboxylic acids is 1. The van der Waals surface area contributed by atoms with E-state index in [9.17, 15) is 9.59 Å². The van der Waals surface area contributed by atoms with Crippen molar-refractivity contribution in [3.8, 4) is 5.69 Å². The number of aromatic nitrogens is 3. The monoisotopic (exact) mass is 348 g/mol. The Morgan fingerprint density at radius 2 is 1.88 bits per heavy atom. The van der Waals surface area contributed by atoms with Crippen molar-refractivity contribution in [2.24, 2.45) is 0 Å². The second-order valence-corrected chi connectivity index (χ2v) is 6.44. The first-order valence-electron chi connectivity index (χ1n) is 8.83. The summed E-state index contributed by atoms with van der Waals surface area (Å²) >= 11 is 0. The highest BCUT2D eigenvalue weighted by atomic mass is 16.2. The first-order chi connectivity index (χ1) is 12.7. The van der Waals surface area contributed by atoms with E-state index in [1.807, 2.05) is 53.4 Å². The minimum Gasteiger partial charge on any atom is -0.329 e. The summed E-state index contributed by atoms with van der Waals surface area (Å²) < 4.78 is 1.40. The summed E-state index contributed by atoms with van der Waals surface area (Å²) in [5, 5.41) is 2.96. The van der Waals surface area contributed by atoms with E-state index in [2.05, 4.69) is 10.1 Å². The average molecular weight is 348 g/mol. The van der Waals surface area contributed by atoms with Crippen molar-refractivity contribution in [1.82, 2.24) is 19.7 Å². The molecule has 1 atom stereocenters. The number of likely N-dealkylation sites (tertiary alicyclic amines) is 1. The molecule has 4 rings (SSSR count). The lowest BCUT2D eigenvalue weighted by Crippen LogP contribution is -2.39. The second kappa shape index (κ2) is 7.00. The first kappa shape index (κ1) is 16.3. The van der Waals surface area contributed by atoms with Gasteiger partial charge in [0.1, 0.15) is 5.69 Å². The van der Waals surface area contributed by atoms with E-state index in [1.54, 1.807) is 6.20 Å². The van der Waals surface area contributed by atoms with Gasteiger partial charge in [0.25, 0.3) is 11.5 Å². The van der Waals surface area contributed by atoms with Crippen LogP contribution >= 0.6 is 0 Å². The zero-order chi connectivity index (χ0) is 17.9. The summed E-state index contributed by atoms with van der Waals surface area (Å²) in [4.78, 5) is 31.7. The van der Waals surface area contributed by atoms with Crippen LogP contribution in [0.2, 0.25) is 0 Å². The van der Waals surface area contributed by atoms with Gasteiger partial charge < -0.3 is 4.90 Å². The van der Waals surface area contributed by atoms with Crippen LogP contribution in [0.3, 0.4) is 0 Å². The Labute approximate surface area is 151 Å². The molecule has 1 fully saturated rings. The van der Waals surface area contributed by atoms with Gasteiger partial charge in [0.05, 0.1) is 17.4 Å². The van der Waals surface area contributed by atoms with Gasteiger partial charge in [-0.15, -0.1) is 0 Å². The Hall–Kier alpha value is -3.15.